The molecule has 0 bridgehead atoms. The summed E-state index contributed by atoms with van der Waals surface area (Å²) in [6.07, 6.45) is 2.29. The van der Waals surface area contributed by atoms with Gasteiger partial charge in [-0.1, -0.05) is 23.9 Å². The number of nitrogens with zero attached hydrogens (tertiary/aromatic N) is 1. The SMILES string of the molecule is O=C(CCN1CCSC1=O)NCc1ccc(NC(=O)C2CC2)cc1. The largest absolute Gasteiger partial charge is 0.352 e. The Morgan fingerprint density at radius 3 is 2.58 bits per heavy atom. The van der Waals surface area contributed by atoms with E-state index in [4.69, 9.17) is 0 Å². The van der Waals surface area contributed by atoms with Gasteiger partial charge in [-0.15, -0.1) is 0 Å². The summed E-state index contributed by atoms with van der Waals surface area (Å²) in [5.74, 6) is 1.02. The fourth-order valence-electron chi connectivity index (χ4n) is 2.45. The second kappa shape index (κ2) is 7.70. The van der Waals surface area contributed by atoms with Crippen LogP contribution < -0.4 is 10.6 Å². The van der Waals surface area contributed by atoms with E-state index in [-0.39, 0.29) is 23.0 Å². The molecule has 128 valence electrons. The zero-order valence-electron chi connectivity index (χ0n) is 13.4. The Morgan fingerprint density at radius 1 is 1.21 bits per heavy atom. The summed E-state index contributed by atoms with van der Waals surface area (Å²) in [7, 11) is 0. The Labute approximate surface area is 145 Å². The van der Waals surface area contributed by atoms with Crippen molar-refractivity contribution in [3.8, 4) is 0 Å². The second-order valence-corrected chi connectivity index (χ2v) is 7.13. The van der Waals surface area contributed by atoms with E-state index >= 15 is 0 Å². The molecular formula is C17H21N3O3S. The Hall–Kier alpha value is -2.02. The number of rotatable bonds is 7. The molecule has 6 nitrogen and oxygen atoms in total. The van der Waals surface area contributed by atoms with Crippen molar-refractivity contribution in [3.63, 3.8) is 0 Å². The molecule has 1 aliphatic carbocycles. The molecule has 7 heteroatoms. The van der Waals surface area contributed by atoms with Crippen molar-refractivity contribution < 1.29 is 14.4 Å². The van der Waals surface area contributed by atoms with Crippen LogP contribution >= 0.6 is 11.8 Å². The van der Waals surface area contributed by atoms with Gasteiger partial charge in [0.2, 0.25) is 11.8 Å². The van der Waals surface area contributed by atoms with Gasteiger partial charge in [0, 0.05) is 43.4 Å². The van der Waals surface area contributed by atoms with E-state index in [1.54, 1.807) is 4.90 Å². The van der Waals surface area contributed by atoms with E-state index in [0.717, 1.165) is 36.4 Å². The number of amides is 3. The van der Waals surface area contributed by atoms with Crippen molar-refractivity contribution in [2.45, 2.75) is 25.8 Å². The van der Waals surface area contributed by atoms with Crippen LogP contribution in [0.4, 0.5) is 10.5 Å². The molecule has 1 heterocycles. The Morgan fingerprint density at radius 2 is 1.96 bits per heavy atom. The minimum atomic E-state index is -0.0641. The fourth-order valence-corrected chi connectivity index (χ4v) is 3.30. The molecule has 2 N–H and O–H groups in total. The summed E-state index contributed by atoms with van der Waals surface area (Å²) in [4.78, 5) is 36.7. The predicted octanol–water partition coefficient (Wildman–Crippen LogP) is 2.21. The van der Waals surface area contributed by atoms with Gasteiger partial charge in [0.15, 0.2) is 0 Å². The first-order valence-corrected chi connectivity index (χ1v) is 9.18. The van der Waals surface area contributed by atoms with Crippen LogP contribution in [0.15, 0.2) is 24.3 Å². The Balaban J connectivity index is 1.38. The minimum absolute atomic E-state index is 0.0617. The molecule has 1 aliphatic heterocycles. The molecule has 1 saturated carbocycles. The molecule has 2 fully saturated rings. The van der Waals surface area contributed by atoms with Crippen LogP contribution in [0.5, 0.6) is 0 Å². The summed E-state index contributed by atoms with van der Waals surface area (Å²) in [5, 5.41) is 5.80. The maximum Gasteiger partial charge on any atom is 0.281 e. The molecule has 0 radical (unpaired) electrons. The van der Waals surface area contributed by atoms with Crippen molar-refractivity contribution >= 4 is 34.5 Å². The minimum Gasteiger partial charge on any atom is -0.352 e. The van der Waals surface area contributed by atoms with Gasteiger partial charge in [0.25, 0.3) is 5.24 Å². The fraction of sp³-hybridized carbons (Fsp3) is 0.471. The monoisotopic (exact) mass is 347 g/mol. The summed E-state index contributed by atoms with van der Waals surface area (Å²) < 4.78 is 0. The Kier molecular flexibility index (Phi) is 5.40. The average Bonchev–Trinajstić information content (AvgIpc) is 3.35. The lowest BCUT2D eigenvalue weighted by Crippen LogP contribution is -2.30. The van der Waals surface area contributed by atoms with Crippen LogP contribution in [0.1, 0.15) is 24.8 Å². The molecule has 0 unspecified atom stereocenters. The molecule has 0 atom stereocenters. The first-order valence-electron chi connectivity index (χ1n) is 8.20. The van der Waals surface area contributed by atoms with Crippen molar-refractivity contribution in [2.24, 2.45) is 5.92 Å². The predicted molar refractivity (Wildman–Crippen MR) is 93.7 cm³/mol. The van der Waals surface area contributed by atoms with Crippen LogP contribution in [0.25, 0.3) is 0 Å². The number of hydrogen-bond donors (Lipinski definition) is 2. The molecule has 1 aromatic rings. The van der Waals surface area contributed by atoms with Gasteiger partial charge in [0.05, 0.1) is 0 Å². The van der Waals surface area contributed by atoms with Gasteiger partial charge < -0.3 is 15.5 Å². The molecule has 0 aromatic heterocycles. The van der Waals surface area contributed by atoms with Gasteiger partial charge in [-0.3, -0.25) is 14.4 Å². The van der Waals surface area contributed by atoms with Gasteiger partial charge >= 0.3 is 0 Å². The van der Waals surface area contributed by atoms with Crippen molar-refractivity contribution in [2.75, 3.05) is 24.2 Å². The van der Waals surface area contributed by atoms with E-state index in [1.807, 2.05) is 24.3 Å². The third kappa shape index (κ3) is 4.74. The number of carbonyl (C=O) groups is 3. The summed E-state index contributed by atoms with van der Waals surface area (Å²) in [6, 6.07) is 7.48. The van der Waals surface area contributed by atoms with E-state index in [9.17, 15) is 14.4 Å². The molecule has 3 rings (SSSR count). The highest BCUT2D eigenvalue weighted by atomic mass is 32.2. The van der Waals surface area contributed by atoms with Gasteiger partial charge in [-0.2, -0.15) is 0 Å². The topological polar surface area (TPSA) is 78.5 Å². The first-order chi connectivity index (χ1) is 11.6. The van der Waals surface area contributed by atoms with Crippen molar-refractivity contribution in [1.29, 1.82) is 0 Å². The third-order valence-electron chi connectivity index (χ3n) is 4.11. The molecular weight excluding hydrogens is 326 g/mol. The van der Waals surface area contributed by atoms with E-state index in [1.165, 1.54) is 11.8 Å². The number of carbonyl (C=O) groups excluding carboxylic acids is 3. The zero-order chi connectivity index (χ0) is 16.9. The standard InChI is InChI=1S/C17H21N3O3S/c21-15(7-8-20-9-10-24-17(20)23)18-11-12-1-5-14(6-2-12)19-16(22)13-3-4-13/h1-2,5-6,13H,3-4,7-11H2,(H,18,21)(H,19,22). The molecule has 1 saturated heterocycles. The summed E-state index contributed by atoms with van der Waals surface area (Å²) >= 11 is 1.30. The molecule has 0 spiro atoms. The first kappa shape index (κ1) is 16.8. The normalized spacial score (nSPS) is 17.0. The smallest absolute Gasteiger partial charge is 0.281 e. The van der Waals surface area contributed by atoms with Gasteiger partial charge in [-0.05, 0) is 30.5 Å². The van der Waals surface area contributed by atoms with Crippen LogP contribution in [-0.2, 0) is 16.1 Å². The maximum atomic E-state index is 11.9. The van der Waals surface area contributed by atoms with Crippen molar-refractivity contribution in [3.05, 3.63) is 29.8 Å². The second-order valence-electron chi connectivity index (χ2n) is 6.09. The quantitative estimate of drug-likeness (QED) is 0.793. The van der Waals surface area contributed by atoms with Crippen LogP contribution in [0, 0.1) is 5.92 Å². The van der Waals surface area contributed by atoms with Crippen molar-refractivity contribution in [1.82, 2.24) is 10.2 Å². The number of benzene rings is 1. The number of anilines is 1. The zero-order valence-corrected chi connectivity index (χ0v) is 14.2. The Bertz CT molecular complexity index is 628. The number of nitrogens with one attached hydrogen (secondary N) is 2. The number of thioether (sulfide) groups is 1. The third-order valence-corrected chi connectivity index (χ3v) is 5.00. The highest BCUT2D eigenvalue weighted by molar-refractivity contribution is 8.13. The lowest BCUT2D eigenvalue weighted by Gasteiger charge is -2.14. The average molecular weight is 347 g/mol. The van der Waals surface area contributed by atoms with E-state index < -0.39 is 0 Å². The number of hydrogen-bond acceptors (Lipinski definition) is 4. The maximum absolute atomic E-state index is 11.9. The summed E-state index contributed by atoms with van der Waals surface area (Å²) in [6.45, 7) is 1.65. The van der Waals surface area contributed by atoms with E-state index in [0.29, 0.717) is 19.5 Å². The molecule has 1 aromatic carbocycles. The van der Waals surface area contributed by atoms with Crippen LogP contribution in [0.2, 0.25) is 0 Å². The lowest BCUT2D eigenvalue weighted by molar-refractivity contribution is -0.121. The summed E-state index contributed by atoms with van der Waals surface area (Å²) in [5.41, 5.74) is 1.76. The van der Waals surface area contributed by atoms with Crippen LogP contribution in [0.3, 0.4) is 0 Å². The highest BCUT2D eigenvalue weighted by Crippen LogP contribution is 2.30. The highest BCUT2D eigenvalue weighted by Gasteiger charge is 2.29. The molecule has 3 amide bonds. The molecule has 2 aliphatic rings. The molecule has 24 heavy (non-hydrogen) atoms. The van der Waals surface area contributed by atoms with Crippen LogP contribution in [-0.4, -0.2) is 40.8 Å². The van der Waals surface area contributed by atoms with E-state index in [2.05, 4.69) is 10.6 Å². The lowest BCUT2D eigenvalue weighted by atomic mass is 10.2. The van der Waals surface area contributed by atoms with Gasteiger partial charge in [0.1, 0.15) is 0 Å². The van der Waals surface area contributed by atoms with Gasteiger partial charge in [-0.25, -0.2) is 0 Å².